The van der Waals surface area contributed by atoms with Crippen molar-refractivity contribution in [3.05, 3.63) is 23.9 Å². The SMILES string of the molecule is COCCNC(=S)Nc1ccc(C)cn1. The number of hydrogen-bond acceptors (Lipinski definition) is 3. The van der Waals surface area contributed by atoms with Gasteiger partial charge >= 0.3 is 0 Å². The number of nitrogens with one attached hydrogen (secondary N) is 2. The summed E-state index contributed by atoms with van der Waals surface area (Å²) in [6, 6.07) is 3.87. The number of anilines is 1. The van der Waals surface area contributed by atoms with Gasteiger partial charge in [-0.1, -0.05) is 6.07 Å². The number of aromatic nitrogens is 1. The van der Waals surface area contributed by atoms with Gasteiger partial charge in [0.1, 0.15) is 5.82 Å². The van der Waals surface area contributed by atoms with Crippen molar-refractivity contribution in [3.8, 4) is 0 Å². The second-order valence-electron chi connectivity index (χ2n) is 3.09. The van der Waals surface area contributed by atoms with Gasteiger partial charge in [-0.05, 0) is 30.8 Å². The van der Waals surface area contributed by atoms with Crippen LogP contribution in [0.3, 0.4) is 0 Å². The zero-order valence-electron chi connectivity index (χ0n) is 8.91. The molecule has 0 aliphatic rings. The third kappa shape index (κ3) is 4.71. The molecule has 1 rings (SSSR count). The number of nitrogens with zero attached hydrogens (tertiary/aromatic N) is 1. The van der Waals surface area contributed by atoms with E-state index in [-0.39, 0.29) is 0 Å². The van der Waals surface area contributed by atoms with Gasteiger partial charge < -0.3 is 15.4 Å². The maximum Gasteiger partial charge on any atom is 0.172 e. The molecule has 0 saturated heterocycles. The molecule has 0 aliphatic carbocycles. The number of rotatable bonds is 4. The van der Waals surface area contributed by atoms with Gasteiger partial charge in [-0.3, -0.25) is 0 Å². The predicted octanol–water partition coefficient (Wildman–Crippen LogP) is 1.32. The summed E-state index contributed by atoms with van der Waals surface area (Å²) in [5.41, 5.74) is 1.12. The predicted molar refractivity (Wildman–Crippen MR) is 65.1 cm³/mol. The smallest absolute Gasteiger partial charge is 0.172 e. The lowest BCUT2D eigenvalue weighted by atomic mass is 10.3. The Balaban J connectivity index is 2.34. The summed E-state index contributed by atoms with van der Waals surface area (Å²) < 4.78 is 4.89. The first-order valence-electron chi connectivity index (χ1n) is 4.69. The molecule has 0 bridgehead atoms. The quantitative estimate of drug-likeness (QED) is 0.598. The van der Waals surface area contributed by atoms with Crippen molar-refractivity contribution in [1.82, 2.24) is 10.3 Å². The highest BCUT2D eigenvalue weighted by molar-refractivity contribution is 7.80. The van der Waals surface area contributed by atoms with E-state index in [0.717, 1.165) is 11.4 Å². The normalized spacial score (nSPS) is 9.73. The standard InChI is InChI=1S/C10H15N3OS/c1-8-3-4-9(12-7-8)13-10(15)11-5-6-14-2/h3-4,7H,5-6H2,1-2H3,(H2,11,12,13,15). The van der Waals surface area contributed by atoms with E-state index in [2.05, 4.69) is 15.6 Å². The van der Waals surface area contributed by atoms with Crippen molar-refractivity contribution in [2.24, 2.45) is 0 Å². The molecule has 0 amide bonds. The number of methoxy groups -OCH3 is 1. The summed E-state index contributed by atoms with van der Waals surface area (Å²) in [6.07, 6.45) is 1.79. The Hall–Kier alpha value is -1.20. The van der Waals surface area contributed by atoms with E-state index in [1.165, 1.54) is 0 Å². The van der Waals surface area contributed by atoms with Crippen LogP contribution in [0.25, 0.3) is 0 Å². The van der Waals surface area contributed by atoms with Crippen LogP contribution in [0.2, 0.25) is 0 Å². The number of aryl methyl sites for hydroxylation is 1. The Morgan fingerprint density at radius 1 is 1.53 bits per heavy atom. The Kier molecular flexibility index (Phi) is 5.00. The highest BCUT2D eigenvalue weighted by atomic mass is 32.1. The summed E-state index contributed by atoms with van der Waals surface area (Å²) in [6.45, 7) is 3.31. The third-order valence-corrected chi connectivity index (χ3v) is 1.99. The van der Waals surface area contributed by atoms with Gasteiger partial charge in [0, 0.05) is 19.9 Å². The summed E-state index contributed by atoms with van der Waals surface area (Å²) >= 11 is 5.06. The van der Waals surface area contributed by atoms with Crippen molar-refractivity contribution in [3.63, 3.8) is 0 Å². The maximum atomic E-state index is 5.06. The summed E-state index contributed by atoms with van der Waals surface area (Å²) in [5.74, 6) is 0.746. The second kappa shape index (κ2) is 6.31. The Morgan fingerprint density at radius 2 is 2.33 bits per heavy atom. The molecule has 1 aromatic rings. The first-order chi connectivity index (χ1) is 7.22. The van der Waals surface area contributed by atoms with Crippen LogP contribution in [-0.4, -0.2) is 30.4 Å². The largest absolute Gasteiger partial charge is 0.383 e. The van der Waals surface area contributed by atoms with Crippen molar-refractivity contribution < 1.29 is 4.74 Å². The average molecular weight is 225 g/mol. The Morgan fingerprint density at radius 3 is 2.93 bits per heavy atom. The van der Waals surface area contributed by atoms with Gasteiger partial charge in [-0.15, -0.1) is 0 Å². The fourth-order valence-electron chi connectivity index (χ4n) is 0.969. The first-order valence-corrected chi connectivity index (χ1v) is 5.09. The molecule has 0 saturated carbocycles. The van der Waals surface area contributed by atoms with Gasteiger partial charge in [0.25, 0.3) is 0 Å². The molecule has 0 atom stereocenters. The molecule has 4 nitrogen and oxygen atoms in total. The van der Waals surface area contributed by atoms with Crippen molar-refractivity contribution in [2.45, 2.75) is 6.92 Å². The zero-order chi connectivity index (χ0) is 11.1. The van der Waals surface area contributed by atoms with Crippen molar-refractivity contribution in [2.75, 3.05) is 25.6 Å². The highest BCUT2D eigenvalue weighted by Gasteiger charge is 1.97. The van der Waals surface area contributed by atoms with Gasteiger partial charge in [-0.2, -0.15) is 0 Å². The number of hydrogen-bond donors (Lipinski definition) is 2. The fourth-order valence-corrected chi connectivity index (χ4v) is 1.18. The molecule has 15 heavy (non-hydrogen) atoms. The summed E-state index contributed by atoms with van der Waals surface area (Å²) in [7, 11) is 1.65. The van der Waals surface area contributed by atoms with E-state index in [1.54, 1.807) is 13.3 Å². The third-order valence-electron chi connectivity index (χ3n) is 1.74. The highest BCUT2D eigenvalue weighted by Crippen LogP contribution is 2.02. The number of thiocarbonyl (C=S) groups is 1. The molecule has 0 unspecified atom stereocenters. The van der Waals surface area contributed by atoms with Gasteiger partial charge in [0.05, 0.1) is 6.61 Å². The van der Waals surface area contributed by atoms with E-state index in [4.69, 9.17) is 17.0 Å². The lowest BCUT2D eigenvalue weighted by Gasteiger charge is -2.09. The van der Waals surface area contributed by atoms with E-state index in [1.807, 2.05) is 19.1 Å². The monoisotopic (exact) mass is 225 g/mol. The van der Waals surface area contributed by atoms with Gasteiger partial charge in [-0.25, -0.2) is 4.98 Å². The maximum absolute atomic E-state index is 5.06. The van der Waals surface area contributed by atoms with Crippen LogP contribution in [0.5, 0.6) is 0 Å². The van der Waals surface area contributed by atoms with Crippen molar-refractivity contribution >= 4 is 23.1 Å². The van der Waals surface area contributed by atoms with E-state index in [9.17, 15) is 0 Å². The molecule has 0 fully saturated rings. The molecule has 2 N–H and O–H groups in total. The van der Waals surface area contributed by atoms with Crippen LogP contribution < -0.4 is 10.6 Å². The molecular formula is C10H15N3OS. The zero-order valence-corrected chi connectivity index (χ0v) is 9.73. The van der Waals surface area contributed by atoms with E-state index >= 15 is 0 Å². The lowest BCUT2D eigenvalue weighted by molar-refractivity contribution is 0.204. The number of pyridine rings is 1. The minimum Gasteiger partial charge on any atom is -0.383 e. The Bertz CT molecular complexity index is 313. The molecule has 0 spiro atoms. The van der Waals surface area contributed by atoms with Crippen LogP contribution >= 0.6 is 12.2 Å². The van der Waals surface area contributed by atoms with Gasteiger partial charge in [0.15, 0.2) is 5.11 Å². The molecule has 0 radical (unpaired) electrons. The topological polar surface area (TPSA) is 46.2 Å². The average Bonchev–Trinajstić information content (AvgIpc) is 2.22. The lowest BCUT2D eigenvalue weighted by Crippen LogP contribution is -2.31. The molecular weight excluding hydrogens is 210 g/mol. The van der Waals surface area contributed by atoms with Crippen LogP contribution in [0, 0.1) is 6.92 Å². The van der Waals surface area contributed by atoms with Crippen molar-refractivity contribution in [1.29, 1.82) is 0 Å². The molecule has 82 valence electrons. The second-order valence-corrected chi connectivity index (χ2v) is 3.50. The summed E-state index contributed by atoms with van der Waals surface area (Å²) in [5, 5.41) is 6.54. The summed E-state index contributed by atoms with van der Waals surface area (Å²) in [4.78, 5) is 4.18. The molecule has 5 heteroatoms. The van der Waals surface area contributed by atoms with Crippen LogP contribution in [-0.2, 0) is 4.74 Å². The molecule has 0 aliphatic heterocycles. The minimum absolute atomic E-state index is 0.559. The number of ether oxygens (including phenoxy) is 1. The van der Waals surface area contributed by atoms with Crippen LogP contribution in [0.4, 0.5) is 5.82 Å². The molecule has 1 heterocycles. The van der Waals surface area contributed by atoms with E-state index in [0.29, 0.717) is 18.3 Å². The fraction of sp³-hybridized carbons (Fsp3) is 0.400. The Labute approximate surface area is 95.0 Å². The van der Waals surface area contributed by atoms with Crippen LogP contribution in [0.15, 0.2) is 18.3 Å². The first kappa shape index (κ1) is 11.9. The van der Waals surface area contributed by atoms with Crippen LogP contribution in [0.1, 0.15) is 5.56 Å². The molecule has 0 aromatic carbocycles. The molecule has 1 aromatic heterocycles. The van der Waals surface area contributed by atoms with Gasteiger partial charge in [0.2, 0.25) is 0 Å². The minimum atomic E-state index is 0.559. The van der Waals surface area contributed by atoms with E-state index < -0.39 is 0 Å².